The molecule has 0 saturated carbocycles. The number of fused-ring (bicyclic) bond motifs is 2. The highest BCUT2D eigenvalue weighted by molar-refractivity contribution is 5.83. The molecule has 1 aromatic heterocycles. The summed E-state index contributed by atoms with van der Waals surface area (Å²) in [5.41, 5.74) is 3.01. The predicted octanol–water partition coefficient (Wildman–Crippen LogP) is 1.89. The fraction of sp³-hybridized carbons (Fsp3) is 0.500. The lowest BCUT2D eigenvalue weighted by Crippen LogP contribution is -2.49. The van der Waals surface area contributed by atoms with Gasteiger partial charge in [0.15, 0.2) is 6.04 Å². The summed E-state index contributed by atoms with van der Waals surface area (Å²) in [4.78, 5) is 33.5. The molecule has 0 N–H and O–H groups in total. The molecule has 1 unspecified atom stereocenters. The van der Waals surface area contributed by atoms with Crippen molar-refractivity contribution in [2.24, 2.45) is 0 Å². The van der Waals surface area contributed by atoms with Crippen molar-refractivity contribution in [3.8, 4) is 5.75 Å². The lowest BCUT2D eigenvalue weighted by atomic mass is 10.0. The van der Waals surface area contributed by atoms with E-state index in [4.69, 9.17) is 9.57 Å². The molecule has 2 aromatic rings. The monoisotopic (exact) mass is 410 g/mol. The normalized spacial score (nSPS) is 20.9. The van der Waals surface area contributed by atoms with E-state index >= 15 is 0 Å². The van der Waals surface area contributed by atoms with Crippen LogP contribution in [0.15, 0.2) is 30.5 Å². The number of ether oxygens (including phenoxy) is 1. The van der Waals surface area contributed by atoms with Crippen LogP contribution in [0.2, 0.25) is 0 Å². The van der Waals surface area contributed by atoms with E-state index in [0.717, 1.165) is 49.3 Å². The molecule has 158 valence electrons. The van der Waals surface area contributed by atoms with Gasteiger partial charge in [0, 0.05) is 12.7 Å². The number of nitrogens with zero attached hydrogens (tertiary/aromatic N) is 4. The zero-order valence-electron chi connectivity index (χ0n) is 17.0. The first-order valence-electron chi connectivity index (χ1n) is 10.7. The summed E-state index contributed by atoms with van der Waals surface area (Å²) in [7, 11) is 0. The molecule has 1 atom stereocenters. The Morgan fingerprint density at radius 1 is 1.13 bits per heavy atom. The van der Waals surface area contributed by atoms with Crippen molar-refractivity contribution in [3.05, 3.63) is 47.3 Å². The molecule has 5 rings (SSSR count). The second-order valence-corrected chi connectivity index (χ2v) is 8.11. The Labute approximate surface area is 175 Å². The maximum absolute atomic E-state index is 13.1. The first-order valence-corrected chi connectivity index (χ1v) is 10.7. The molecule has 0 bridgehead atoms. The second-order valence-electron chi connectivity index (χ2n) is 8.11. The molecule has 1 aromatic carbocycles. The Balaban J connectivity index is 1.32. The van der Waals surface area contributed by atoms with Gasteiger partial charge in [-0.15, -0.1) is 0 Å². The van der Waals surface area contributed by atoms with E-state index in [2.05, 4.69) is 11.2 Å². The number of aryl methyl sites for hydroxylation is 1. The van der Waals surface area contributed by atoms with Gasteiger partial charge in [-0.3, -0.25) is 19.1 Å². The molecule has 3 aliphatic rings. The number of rotatable bonds is 3. The smallest absolute Gasteiger partial charge is 0.272 e. The third kappa shape index (κ3) is 3.67. The maximum atomic E-state index is 13.1. The van der Waals surface area contributed by atoms with Crippen molar-refractivity contribution >= 4 is 11.8 Å². The lowest BCUT2D eigenvalue weighted by molar-refractivity contribution is -0.201. The van der Waals surface area contributed by atoms with Crippen molar-refractivity contribution in [1.29, 1.82) is 0 Å². The summed E-state index contributed by atoms with van der Waals surface area (Å²) in [5, 5.41) is 5.78. The van der Waals surface area contributed by atoms with Crippen LogP contribution in [0.3, 0.4) is 0 Å². The minimum atomic E-state index is -0.553. The topological polar surface area (TPSA) is 76.9 Å². The van der Waals surface area contributed by atoms with Crippen LogP contribution in [0.4, 0.5) is 0 Å². The Kier molecular flexibility index (Phi) is 5.16. The Morgan fingerprint density at radius 3 is 2.93 bits per heavy atom. The van der Waals surface area contributed by atoms with Crippen molar-refractivity contribution in [2.45, 2.75) is 44.7 Å². The molecule has 3 aliphatic heterocycles. The van der Waals surface area contributed by atoms with Crippen molar-refractivity contribution in [3.63, 3.8) is 0 Å². The van der Waals surface area contributed by atoms with Gasteiger partial charge in [-0.25, -0.2) is 5.06 Å². The van der Waals surface area contributed by atoms with Crippen LogP contribution in [0.5, 0.6) is 5.75 Å². The first-order chi connectivity index (χ1) is 14.7. The number of hydrogen-bond acceptors (Lipinski definition) is 5. The highest BCUT2D eigenvalue weighted by atomic mass is 16.7. The van der Waals surface area contributed by atoms with Crippen LogP contribution < -0.4 is 4.74 Å². The molecule has 8 heteroatoms. The van der Waals surface area contributed by atoms with Crippen LogP contribution in [-0.4, -0.2) is 57.9 Å². The van der Waals surface area contributed by atoms with Gasteiger partial charge in [0.05, 0.1) is 38.4 Å². The van der Waals surface area contributed by atoms with Crippen LogP contribution in [0.1, 0.15) is 42.1 Å². The maximum Gasteiger partial charge on any atom is 0.272 e. The molecule has 30 heavy (non-hydrogen) atoms. The molecule has 0 spiro atoms. The summed E-state index contributed by atoms with van der Waals surface area (Å²) in [5.74, 6) is 0.797. The third-order valence-electron chi connectivity index (χ3n) is 6.01. The molecule has 1 saturated heterocycles. The Morgan fingerprint density at radius 2 is 2.07 bits per heavy atom. The minimum absolute atomic E-state index is 0.0106. The third-order valence-corrected chi connectivity index (χ3v) is 6.01. The molecule has 2 amide bonds. The van der Waals surface area contributed by atoms with E-state index < -0.39 is 6.04 Å². The largest absolute Gasteiger partial charge is 0.493 e. The van der Waals surface area contributed by atoms with E-state index in [1.807, 2.05) is 18.2 Å². The van der Waals surface area contributed by atoms with Gasteiger partial charge >= 0.3 is 0 Å². The van der Waals surface area contributed by atoms with E-state index in [1.165, 1.54) is 10.6 Å². The highest BCUT2D eigenvalue weighted by Gasteiger charge is 2.36. The summed E-state index contributed by atoms with van der Waals surface area (Å²) >= 11 is 0. The van der Waals surface area contributed by atoms with Gasteiger partial charge in [0.2, 0.25) is 5.91 Å². The molecule has 1 fully saturated rings. The average Bonchev–Trinajstić information content (AvgIpc) is 3.27. The van der Waals surface area contributed by atoms with Crippen molar-refractivity contribution in [2.75, 3.05) is 26.3 Å². The SMILES string of the molecule is O=C(Cc1ccc2c(c1)CCCO2)N1Cc2ccnn2C(C(=O)N2CCCCO2)C1. The fourth-order valence-corrected chi connectivity index (χ4v) is 4.41. The average molecular weight is 410 g/mol. The van der Waals surface area contributed by atoms with Gasteiger partial charge in [-0.05, 0) is 48.9 Å². The van der Waals surface area contributed by atoms with E-state index in [-0.39, 0.29) is 11.8 Å². The Bertz CT molecular complexity index is 950. The highest BCUT2D eigenvalue weighted by Crippen LogP contribution is 2.27. The first kappa shape index (κ1) is 19.1. The van der Waals surface area contributed by atoms with Crippen molar-refractivity contribution < 1.29 is 19.2 Å². The zero-order valence-corrected chi connectivity index (χ0v) is 17.0. The number of amides is 2. The summed E-state index contributed by atoms with van der Waals surface area (Å²) < 4.78 is 7.41. The molecule has 0 aliphatic carbocycles. The predicted molar refractivity (Wildman–Crippen MR) is 108 cm³/mol. The number of benzene rings is 1. The number of hydrogen-bond donors (Lipinski definition) is 0. The summed E-state index contributed by atoms with van der Waals surface area (Å²) in [6.07, 6.45) is 5.86. The van der Waals surface area contributed by atoms with Gasteiger partial charge in [0.1, 0.15) is 5.75 Å². The molecular formula is C22H26N4O4. The minimum Gasteiger partial charge on any atom is -0.493 e. The quantitative estimate of drug-likeness (QED) is 0.772. The van der Waals surface area contributed by atoms with E-state index in [1.54, 1.807) is 15.8 Å². The van der Waals surface area contributed by atoms with Gasteiger partial charge in [-0.2, -0.15) is 5.10 Å². The van der Waals surface area contributed by atoms with Crippen LogP contribution in [0, 0.1) is 0 Å². The molecular weight excluding hydrogens is 384 g/mol. The zero-order chi connectivity index (χ0) is 20.5. The standard InChI is InChI=1S/C22H26N4O4/c27-21(13-16-5-6-20-17(12-16)4-3-10-29-20)24-14-18-7-8-23-26(18)19(15-24)22(28)25-9-1-2-11-30-25/h5-8,12,19H,1-4,9-11,13-15H2. The molecule has 0 radical (unpaired) electrons. The number of carbonyl (C=O) groups is 2. The van der Waals surface area contributed by atoms with E-state index in [0.29, 0.717) is 32.7 Å². The van der Waals surface area contributed by atoms with Gasteiger partial charge in [-0.1, -0.05) is 12.1 Å². The summed E-state index contributed by atoms with van der Waals surface area (Å²) in [6, 6.07) is 7.31. The number of hydroxylamine groups is 2. The molecule has 4 heterocycles. The summed E-state index contributed by atoms with van der Waals surface area (Å²) in [6.45, 7) is 2.65. The lowest BCUT2D eigenvalue weighted by Gasteiger charge is -2.36. The van der Waals surface area contributed by atoms with Crippen LogP contribution in [-0.2, 0) is 33.8 Å². The van der Waals surface area contributed by atoms with Crippen molar-refractivity contribution in [1.82, 2.24) is 19.7 Å². The second kappa shape index (κ2) is 8.10. The molecule has 8 nitrogen and oxygen atoms in total. The van der Waals surface area contributed by atoms with Gasteiger partial charge < -0.3 is 9.64 Å². The number of aromatic nitrogens is 2. The van der Waals surface area contributed by atoms with Crippen LogP contribution >= 0.6 is 0 Å². The van der Waals surface area contributed by atoms with Crippen LogP contribution in [0.25, 0.3) is 0 Å². The number of carbonyl (C=O) groups excluding carboxylic acids is 2. The van der Waals surface area contributed by atoms with E-state index in [9.17, 15) is 9.59 Å². The van der Waals surface area contributed by atoms with Gasteiger partial charge in [0.25, 0.3) is 5.91 Å². The fourth-order valence-electron chi connectivity index (χ4n) is 4.41. The Hall–Kier alpha value is -2.87.